The fourth-order valence-corrected chi connectivity index (χ4v) is 5.37. The lowest BCUT2D eigenvalue weighted by atomic mass is 9.90. The second-order valence-electron chi connectivity index (χ2n) is 9.53. The van der Waals surface area contributed by atoms with E-state index >= 15 is 0 Å². The van der Waals surface area contributed by atoms with Crippen molar-refractivity contribution in [3.05, 3.63) is 82.4 Å². The molecule has 0 aromatic heterocycles. The highest BCUT2D eigenvalue weighted by molar-refractivity contribution is 8.15. The molecule has 3 aromatic carbocycles. The van der Waals surface area contributed by atoms with Crippen molar-refractivity contribution >= 4 is 22.9 Å². The monoisotopic (exact) mass is 519 g/mol. The summed E-state index contributed by atoms with van der Waals surface area (Å²) in [5.74, 6) is 1.34. The Labute approximate surface area is 222 Å². The zero-order chi connectivity index (χ0) is 26.5. The van der Waals surface area contributed by atoms with Crippen molar-refractivity contribution in [3.63, 3.8) is 0 Å². The summed E-state index contributed by atoms with van der Waals surface area (Å²) < 4.78 is 11.9. The van der Waals surface area contributed by atoms with Gasteiger partial charge in [-0.2, -0.15) is 0 Å². The van der Waals surface area contributed by atoms with E-state index in [0.717, 1.165) is 45.5 Å². The average Bonchev–Trinajstić information content (AvgIpc) is 3.16. The standard InChI is InChI=1S/C30H33NO5S/c1-18-14-25(35-13-12-20(3)32)15-19(2)28(18)26-7-5-6-23(21(26)4)17-36-24-10-8-22(9-11-24)16-27-29(33)31-30(34)37-27/h5-11,14-15,20,27,32H,12-13,16-17H2,1-4H3,(H,31,33,34)/t20-,27?/m1/s1. The van der Waals surface area contributed by atoms with Gasteiger partial charge in [-0.1, -0.05) is 42.1 Å². The van der Waals surface area contributed by atoms with Crippen LogP contribution in [0.3, 0.4) is 0 Å². The molecule has 4 rings (SSSR count). The number of rotatable bonds is 10. The molecule has 2 N–H and O–H groups in total. The molecule has 3 aromatic rings. The highest BCUT2D eigenvalue weighted by Gasteiger charge is 2.31. The zero-order valence-corrected chi connectivity index (χ0v) is 22.5. The Kier molecular flexibility index (Phi) is 8.56. The Balaban J connectivity index is 1.43. The van der Waals surface area contributed by atoms with Crippen molar-refractivity contribution in [3.8, 4) is 22.6 Å². The lowest BCUT2D eigenvalue weighted by molar-refractivity contribution is -0.118. The van der Waals surface area contributed by atoms with Crippen LogP contribution in [0.15, 0.2) is 54.6 Å². The fourth-order valence-electron chi connectivity index (χ4n) is 4.51. The van der Waals surface area contributed by atoms with Crippen molar-refractivity contribution < 1.29 is 24.2 Å². The Morgan fingerprint density at radius 2 is 1.68 bits per heavy atom. The molecule has 0 saturated carbocycles. The van der Waals surface area contributed by atoms with Crippen molar-refractivity contribution in [1.29, 1.82) is 0 Å². The molecule has 6 nitrogen and oxygen atoms in total. The topological polar surface area (TPSA) is 84.9 Å². The molecule has 1 heterocycles. The van der Waals surface area contributed by atoms with Crippen LogP contribution in [-0.2, 0) is 17.8 Å². The predicted molar refractivity (Wildman–Crippen MR) is 147 cm³/mol. The number of aliphatic hydroxyl groups is 1. The zero-order valence-electron chi connectivity index (χ0n) is 21.7. The first kappa shape index (κ1) is 26.8. The van der Waals surface area contributed by atoms with Crippen LogP contribution < -0.4 is 14.8 Å². The molecule has 1 saturated heterocycles. The molecule has 0 radical (unpaired) electrons. The smallest absolute Gasteiger partial charge is 0.286 e. The summed E-state index contributed by atoms with van der Waals surface area (Å²) in [5, 5.41) is 11.1. The molecule has 2 atom stereocenters. The van der Waals surface area contributed by atoms with Crippen LogP contribution in [0.4, 0.5) is 4.79 Å². The molecule has 194 valence electrons. The van der Waals surface area contributed by atoms with Crippen LogP contribution >= 0.6 is 11.8 Å². The van der Waals surface area contributed by atoms with E-state index in [4.69, 9.17) is 9.47 Å². The van der Waals surface area contributed by atoms with Gasteiger partial charge in [-0.3, -0.25) is 14.9 Å². The quantitative estimate of drug-likeness (QED) is 0.347. The number of nitrogens with one attached hydrogen (secondary N) is 1. The van der Waals surface area contributed by atoms with Gasteiger partial charge >= 0.3 is 0 Å². The molecule has 0 aliphatic carbocycles. The van der Waals surface area contributed by atoms with Gasteiger partial charge < -0.3 is 14.6 Å². The van der Waals surface area contributed by atoms with Gasteiger partial charge in [-0.15, -0.1) is 0 Å². The molecular weight excluding hydrogens is 486 g/mol. The molecule has 0 bridgehead atoms. The number of carbonyl (C=O) groups is 2. The van der Waals surface area contributed by atoms with Gasteiger partial charge in [-0.05, 0) is 97.3 Å². The van der Waals surface area contributed by atoms with Crippen molar-refractivity contribution in [1.82, 2.24) is 5.32 Å². The Bertz CT molecular complexity index is 1260. The van der Waals surface area contributed by atoms with Crippen LogP contribution in [0.5, 0.6) is 11.5 Å². The van der Waals surface area contributed by atoms with Crippen molar-refractivity contribution in [2.45, 2.75) is 58.5 Å². The number of imide groups is 1. The third-order valence-corrected chi connectivity index (χ3v) is 7.51. The number of aliphatic hydroxyl groups excluding tert-OH is 1. The maximum Gasteiger partial charge on any atom is 0.286 e. The number of aryl methyl sites for hydroxylation is 2. The summed E-state index contributed by atoms with van der Waals surface area (Å²) >= 11 is 1.04. The number of thioether (sulfide) groups is 1. The summed E-state index contributed by atoms with van der Waals surface area (Å²) in [5.41, 5.74) is 7.90. The number of hydrogen-bond acceptors (Lipinski definition) is 6. The van der Waals surface area contributed by atoms with Gasteiger partial charge in [0.05, 0.1) is 18.0 Å². The third-order valence-electron chi connectivity index (χ3n) is 6.53. The van der Waals surface area contributed by atoms with E-state index in [1.54, 1.807) is 6.92 Å². The Morgan fingerprint density at radius 3 is 2.30 bits per heavy atom. The molecule has 1 unspecified atom stereocenters. The molecule has 0 spiro atoms. The SMILES string of the molecule is Cc1cc(OCC[C@@H](C)O)cc(C)c1-c1cccc(COc2ccc(CC3SC(=O)NC3=O)cc2)c1C. The van der Waals surface area contributed by atoms with Gasteiger partial charge in [0.15, 0.2) is 0 Å². The first-order valence-corrected chi connectivity index (χ1v) is 13.3. The number of hydrogen-bond donors (Lipinski definition) is 2. The molecule has 1 aliphatic rings. The fraction of sp³-hybridized carbons (Fsp3) is 0.333. The highest BCUT2D eigenvalue weighted by Crippen LogP contribution is 2.34. The number of amides is 2. The molecule has 1 aliphatic heterocycles. The van der Waals surface area contributed by atoms with Crippen LogP contribution in [0.1, 0.15) is 41.2 Å². The van der Waals surface area contributed by atoms with Gasteiger partial charge in [0.2, 0.25) is 5.91 Å². The average molecular weight is 520 g/mol. The Hall–Kier alpha value is -3.29. The predicted octanol–water partition coefficient (Wildman–Crippen LogP) is 5.90. The van der Waals surface area contributed by atoms with Gasteiger partial charge in [0.1, 0.15) is 18.1 Å². The number of ether oxygens (including phenoxy) is 2. The first-order chi connectivity index (χ1) is 17.7. The van der Waals surface area contributed by atoms with Crippen LogP contribution in [0.2, 0.25) is 0 Å². The molecular formula is C30H33NO5S. The molecule has 1 fully saturated rings. The summed E-state index contributed by atoms with van der Waals surface area (Å²) in [6.45, 7) is 8.99. The number of carbonyl (C=O) groups excluding carboxylic acids is 2. The minimum Gasteiger partial charge on any atom is -0.493 e. The van der Waals surface area contributed by atoms with E-state index in [2.05, 4.69) is 56.4 Å². The maximum absolute atomic E-state index is 11.8. The normalized spacial score (nSPS) is 16.0. The minimum atomic E-state index is -0.377. The first-order valence-electron chi connectivity index (χ1n) is 12.5. The molecule has 7 heteroatoms. The Morgan fingerprint density at radius 1 is 0.973 bits per heavy atom. The lowest BCUT2D eigenvalue weighted by Crippen LogP contribution is -2.25. The van der Waals surface area contributed by atoms with E-state index in [9.17, 15) is 14.7 Å². The second kappa shape index (κ2) is 11.8. The molecule has 37 heavy (non-hydrogen) atoms. The largest absolute Gasteiger partial charge is 0.493 e. The molecule has 2 amide bonds. The summed E-state index contributed by atoms with van der Waals surface area (Å²) in [7, 11) is 0. The van der Waals surface area contributed by atoms with Crippen molar-refractivity contribution in [2.75, 3.05) is 6.61 Å². The van der Waals surface area contributed by atoms with Gasteiger partial charge in [-0.25, -0.2) is 0 Å². The summed E-state index contributed by atoms with van der Waals surface area (Å²) in [4.78, 5) is 23.2. The van der Waals surface area contributed by atoms with Crippen LogP contribution in [-0.4, -0.2) is 34.2 Å². The van der Waals surface area contributed by atoms with Gasteiger partial charge in [0, 0.05) is 6.42 Å². The van der Waals surface area contributed by atoms with Crippen LogP contribution in [0, 0.1) is 20.8 Å². The third kappa shape index (κ3) is 6.73. The van der Waals surface area contributed by atoms with E-state index in [0.29, 0.717) is 26.1 Å². The van der Waals surface area contributed by atoms with Gasteiger partial charge in [0.25, 0.3) is 5.24 Å². The van der Waals surface area contributed by atoms with E-state index in [-0.39, 0.29) is 22.5 Å². The van der Waals surface area contributed by atoms with Crippen molar-refractivity contribution in [2.24, 2.45) is 0 Å². The summed E-state index contributed by atoms with van der Waals surface area (Å²) in [6, 6.07) is 18.1. The maximum atomic E-state index is 11.8. The van der Waals surface area contributed by atoms with E-state index in [1.165, 1.54) is 16.7 Å². The summed E-state index contributed by atoms with van der Waals surface area (Å²) in [6.07, 6.45) is 0.729. The second-order valence-corrected chi connectivity index (χ2v) is 10.7. The highest BCUT2D eigenvalue weighted by atomic mass is 32.2. The van der Waals surface area contributed by atoms with E-state index in [1.807, 2.05) is 24.3 Å². The lowest BCUT2D eigenvalue weighted by Gasteiger charge is -2.18. The van der Waals surface area contributed by atoms with E-state index < -0.39 is 0 Å². The van der Waals surface area contributed by atoms with Crippen LogP contribution in [0.25, 0.3) is 11.1 Å². The minimum absolute atomic E-state index is 0.227. The number of benzene rings is 3.